The summed E-state index contributed by atoms with van der Waals surface area (Å²) in [5, 5.41) is 0. The highest BCUT2D eigenvalue weighted by molar-refractivity contribution is 5.98. The standard InChI is InChI=1S/C11H13F3N2O/c1-16(7-6-11(12,13)14)10(17)8-4-2-3-5-9(8)15/h2-5H,6-7,15H2,1H3. The molecule has 0 saturated heterocycles. The molecule has 0 saturated carbocycles. The van der Waals surface area contributed by atoms with Crippen molar-refractivity contribution >= 4 is 11.6 Å². The number of hydrogen-bond donors (Lipinski definition) is 1. The summed E-state index contributed by atoms with van der Waals surface area (Å²) in [6, 6.07) is 6.29. The minimum absolute atomic E-state index is 0.220. The van der Waals surface area contributed by atoms with E-state index in [2.05, 4.69) is 0 Å². The summed E-state index contributed by atoms with van der Waals surface area (Å²) in [6.45, 7) is -0.378. The Hall–Kier alpha value is -1.72. The molecule has 1 aromatic carbocycles. The Morgan fingerprint density at radius 2 is 1.94 bits per heavy atom. The van der Waals surface area contributed by atoms with Crippen LogP contribution in [0.5, 0.6) is 0 Å². The third-order valence-electron chi connectivity index (χ3n) is 2.27. The Morgan fingerprint density at radius 1 is 1.35 bits per heavy atom. The van der Waals surface area contributed by atoms with Crippen molar-refractivity contribution < 1.29 is 18.0 Å². The van der Waals surface area contributed by atoms with Crippen molar-refractivity contribution in [3.63, 3.8) is 0 Å². The molecule has 0 aliphatic rings. The normalized spacial score (nSPS) is 11.3. The van der Waals surface area contributed by atoms with E-state index in [0.29, 0.717) is 0 Å². The average Bonchev–Trinajstić information content (AvgIpc) is 2.24. The van der Waals surface area contributed by atoms with E-state index in [-0.39, 0.29) is 17.8 Å². The zero-order valence-electron chi connectivity index (χ0n) is 9.29. The fourth-order valence-electron chi connectivity index (χ4n) is 1.29. The number of anilines is 1. The zero-order valence-corrected chi connectivity index (χ0v) is 9.29. The van der Waals surface area contributed by atoms with Crippen molar-refractivity contribution in [1.29, 1.82) is 0 Å². The highest BCUT2D eigenvalue weighted by atomic mass is 19.4. The van der Waals surface area contributed by atoms with Crippen LogP contribution in [0.15, 0.2) is 24.3 Å². The van der Waals surface area contributed by atoms with Gasteiger partial charge in [-0.25, -0.2) is 0 Å². The second-order valence-corrected chi connectivity index (χ2v) is 3.68. The quantitative estimate of drug-likeness (QED) is 0.832. The molecule has 0 aromatic heterocycles. The van der Waals surface area contributed by atoms with Gasteiger partial charge in [-0.15, -0.1) is 0 Å². The van der Waals surface area contributed by atoms with Gasteiger partial charge in [-0.2, -0.15) is 13.2 Å². The van der Waals surface area contributed by atoms with Gasteiger partial charge in [0.15, 0.2) is 0 Å². The van der Waals surface area contributed by atoms with Crippen LogP contribution in [0.25, 0.3) is 0 Å². The molecule has 1 aromatic rings. The minimum Gasteiger partial charge on any atom is -0.398 e. The highest BCUT2D eigenvalue weighted by Gasteiger charge is 2.28. The summed E-state index contributed by atoms with van der Waals surface area (Å²) >= 11 is 0. The first kappa shape index (κ1) is 13.3. The lowest BCUT2D eigenvalue weighted by atomic mass is 10.1. The molecule has 0 radical (unpaired) electrons. The molecule has 0 aliphatic heterocycles. The Balaban J connectivity index is 2.68. The Labute approximate surface area is 97.0 Å². The molecule has 0 unspecified atom stereocenters. The van der Waals surface area contributed by atoms with Gasteiger partial charge in [0.1, 0.15) is 0 Å². The molecule has 6 heteroatoms. The molecule has 1 amide bonds. The van der Waals surface area contributed by atoms with Crippen molar-refractivity contribution in [2.24, 2.45) is 0 Å². The van der Waals surface area contributed by atoms with Crippen molar-refractivity contribution in [3.8, 4) is 0 Å². The number of rotatable bonds is 3. The van der Waals surface area contributed by atoms with E-state index in [0.717, 1.165) is 4.90 Å². The average molecular weight is 246 g/mol. The summed E-state index contributed by atoms with van der Waals surface area (Å²) in [5.74, 6) is -0.507. The number of amides is 1. The van der Waals surface area contributed by atoms with Crippen molar-refractivity contribution in [3.05, 3.63) is 29.8 Å². The van der Waals surface area contributed by atoms with Gasteiger partial charge in [-0.05, 0) is 12.1 Å². The highest BCUT2D eigenvalue weighted by Crippen LogP contribution is 2.20. The lowest BCUT2D eigenvalue weighted by Crippen LogP contribution is -2.31. The SMILES string of the molecule is CN(CCC(F)(F)F)C(=O)c1ccccc1N. The molecule has 2 N–H and O–H groups in total. The molecular formula is C11H13F3N2O. The third kappa shape index (κ3) is 3.97. The van der Waals surface area contributed by atoms with Gasteiger partial charge in [-0.3, -0.25) is 4.79 Å². The van der Waals surface area contributed by atoms with Crippen LogP contribution in [0.1, 0.15) is 16.8 Å². The van der Waals surface area contributed by atoms with Gasteiger partial charge in [0, 0.05) is 19.3 Å². The van der Waals surface area contributed by atoms with Crippen molar-refractivity contribution in [1.82, 2.24) is 4.90 Å². The van der Waals surface area contributed by atoms with Gasteiger partial charge in [0.05, 0.1) is 12.0 Å². The van der Waals surface area contributed by atoms with Crippen LogP contribution < -0.4 is 5.73 Å². The van der Waals surface area contributed by atoms with Crippen LogP contribution in [0.4, 0.5) is 18.9 Å². The molecule has 0 spiro atoms. The van der Waals surface area contributed by atoms with Crippen LogP contribution in [0, 0.1) is 0 Å². The summed E-state index contributed by atoms with van der Waals surface area (Å²) in [5.41, 5.74) is 6.05. The first-order valence-electron chi connectivity index (χ1n) is 4.98. The smallest absolute Gasteiger partial charge is 0.390 e. The maximum atomic E-state index is 12.0. The zero-order chi connectivity index (χ0) is 13.1. The van der Waals surface area contributed by atoms with Crippen LogP contribution in [-0.4, -0.2) is 30.6 Å². The molecule has 0 aliphatic carbocycles. The second-order valence-electron chi connectivity index (χ2n) is 3.68. The predicted octanol–water partition coefficient (Wildman–Crippen LogP) is 2.29. The first-order valence-corrected chi connectivity index (χ1v) is 4.98. The topological polar surface area (TPSA) is 46.3 Å². The van der Waals surface area contributed by atoms with E-state index in [1.807, 2.05) is 0 Å². The Morgan fingerprint density at radius 3 is 2.47 bits per heavy atom. The van der Waals surface area contributed by atoms with Gasteiger partial charge >= 0.3 is 6.18 Å². The summed E-state index contributed by atoms with van der Waals surface area (Å²) in [7, 11) is 1.32. The predicted molar refractivity (Wildman–Crippen MR) is 58.5 cm³/mol. The first-order chi connectivity index (χ1) is 7.81. The molecular weight excluding hydrogens is 233 g/mol. The maximum absolute atomic E-state index is 12.0. The van der Waals surface area contributed by atoms with Crippen LogP contribution >= 0.6 is 0 Å². The van der Waals surface area contributed by atoms with E-state index in [9.17, 15) is 18.0 Å². The van der Waals surface area contributed by atoms with E-state index < -0.39 is 18.5 Å². The van der Waals surface area contributed by atoms with Crippen molar-refractivity contribution in [2.45, 2.75) is 12.6 Å². The van der Waals surface area contributed by atoms with Gasteiger partial charge < -0.3 is 10.6 Å². The molecule has 17 heavy (non-hydrogen) atoms. The van der Waals surface area contributed by atoms with E-state index in [1.54, 1.807) is 12.1 Å². The van der Waals surface area contributed by atoms with Crippen LogP contribution in [-0.2, 0) is 0 Å². The fraction of sp³-hybridized carbons (Fsp3) is 0.364. The maximum Gasteiger partial charge on any atom is 0.390 e. The molecule has 1 rings (SSSR count). The minimum atomic E-state index is -4.27. The Bertz CT molecular complexity index is 404. The van der Waals surface area contributed by atoms with Gasteiger partial charge in [0.2, 0.25) is 0 Å². The number of para-hydroxylation sites is 1. The number of benzene rings is 1. The lowest BCUT2D eigenvalue weighted by molar-refractivity contribution is -0.136. The fourth-order valence-corrected chi connectivity index (χ4v) is 1.29. The number of nitrogens with two attached hydrogens (primary N) is 1. The molecule has 0 heterocycles. The largest absolute Gasteiger partial charge is 0.398 e. The lowest BCUT2D eigenvalue weighted by Gasteiger charge is -2.18. The third-order valence-corrected chi connectivity index (χ3v) is 2.27. The summed E-state index contributed by atoms with van der Waals surface area (Å²) in [4.78, 5) is 12.8. The van der Waals surface area contributed by atoms with Crippen LogP contribution in [0.2, 0.25) is 0 Å². The van der Waals surface area contributed by atoms with Crippen LogP contribution in [0.3, 0.4) is 0 Å². The van der Waals surface area contributed by atoms with E-state index >= 15 is 0 Å². The number of hydrogen-bond acceptors (Lipinski definition) is 2. The van der Waals surface area contributed by atoms with Gasteiger partial charge in [0.25, 0.3) is 5.91 Å². The molecule has 0 bridgehead atoms. The van der Waals surface area contributed by atoms with Gasteiger partial charge in [-0.1, -0.05) is 12.1 Å². The number of nitrogen functional groups attached to an aromatic ring is 1. The number of alkyl halides is 3. The number of halogens is 3. The number of nitrogens with zero attached hydrogens (tertiary/aromatic N) is 1. The molecule has 0 fully saturated rings. The second kappa shape index (κ2) is 5.07. The number of carbonyl (C=O) groups is 1. The Kier molecular flexibility index (Phi) is 3.98. The van der Waals surface area contributed by atoms with E-state index in [1.165, 1.54) is 19.2 Å². The summed E-state index contributed by atoms with van der Waals surface area (Å²) < 4.78 is 36.0. The van der Waals surface area contributed by atoms with Crippen molar-refractivity contribution in [2.75, 3.05) is 19.3 Å². The summed E-state index contributed by atoms with van der Waals surface area (Å²) in [6.07, 6.45) is -5.29. The van der Waals surface area contributed by atoms with E-state index in [4.69, 9.17) is 5.73 Å². The molecule has 94 valence electrons. The molecule has 0 atom stereocenters. The molecule has 3 nitrogen and oxygen atoms in total. The number of carbonyl (C=O) groups excluding carboxylic acids is 1. The monoisotopic (exact) mass is 246 g/mol.